The van der Waals surface area contributed by atoms with Gasteiger partial charge in [-0.05, 0) is 27.7 Å². The summed E-state index contributed by atoms with van der Waals surface area (Å²) in [6, 6.07) is 0.0308. The molecule has 0 unspecified atom stereocenters. The normalized spacial score (nSPS) is 10.8. The summed E-state index contributed by atoms with van der Waals surface area (Å²) in [5, 5.41) is 9.24. The second-order valence-electron chi connectivity index (χ2n) is 4.48. The summed E-state index contributed by atoms with van der Waals surface area (Å²) >= 11 is 6.21. The van der Waals surface area contributed by atoms with Gasteiger partial charge in [-0.25, -0.2) is 4.79 Å². The van der Waals surface area contributed by atoms with E-state index in [2.05, 4.69) is 0 Å². The minimum absolute atomic E-state index is 0.0308. The fourth-order valence-electron chi connectivity index (χ4n) is 2.14. The van der Waals surface area contributed by atoms with Gasteiger partial charge in [0.05, 0.1) is 18.6 Å². The first-order chi connectivity index (χ1) is 8.81. The van der Waals surface area contributed by atoms with Gasteiger partial charge in [-0.15, -0.1) is 0 Å². The zero-order valence-electron chi connectivity index (χ0n) is 11.5. The molecule has 0 saturated carbocycles. The van der Waals surface area contributed by atoms with Gasteiger partial charge in [0.15, 0.2) is 0 Å². The second-order valence-corrected chi connectivity index (χ2v) is 4.84. The van der Waals surface area contributed by atoms with Crippen molar-refractivity contribution in [3.8, 4) is 0 Å². The van der Waals surface area contributed by atoms with Crippen molar-refractivity contribution in [2.45, 2.75) is 40.2 Å². The third-order valence-corrected chi connectivity index (χ3v) is 3.22. The van der Waals surface area contributed by atoms with Crippen LogP contribution in [0.3, 0.4) is 0 Å². The number of rotatable bonds is 5. The Morgan fingerprint density at radius 3 is 2.42 bits per heavy atom. The SMILES string of the molecule is CCOC(=O)c1c(CC(=O)O)c(Cl)n(C(C)C)c1C. The third kappa shape index (κ3) is 3.10. The fourth-order valence-corrected chi connectivity index (χ4v) is 2.62. The van der Waals surface area contributed by atoms with Crippen LogP contribution in [-0.4, -0.2) is 28.2 Å². The number of nitrogens with zero attached hydrogens (tertiary/aromatic N) is 1. The Kier molecular flexibility index (Phi) is 5.00. The Morgan fingerprint density at radius 1 is 1.42 bits per heavy atom. The Hall–Kier alpha value is -1.49. The predicted octanol–water partition coefficient (Wildman–Crippen LogP) is 2.83. The number of aromatic nitrogens is 1. The fraction of sp³-hybridized carbons (Fsp3) is 0.538. The zero-order chi connectivity index (χ0) is 14.7. The number of esters is 1. The van der Waals surface area contributed by atoms with Crippen LogP contribution in [0.25, 0.3) is 0 Å². The first-order valence-corrected chi connectivity index (χ1v) is 6.47. The van der Waals surface area contributed by atoms with Crippen LogP contribution in [0.5, 0.6) is 0 Å². The summed E-state index contributed by atoms with van der Waals surface area (Å²) in [5.74, 6) is -1.56. The molecular weight excluding hydrogens is 270 g/mol. The van der Waals surface area contributed by atoms with Crippen LogP contribution in [0.1, 0.15) is 48.4 Å². The van der Waals surface area contributed by atoms with Gasteiger partial charge in [-0.2, -0.15) is 0 Å². The molecule has 0 aliphatic rings. The first-order valence-electron chi connectivity index (χ1n) is 6.09. The monoisotopic (exact) mass is 287 g/mol. The van der Waals surface area contributed by atoms with E-state index in [1.54, 1.807) is 18.4 Å². The smallest absolute Gasteiger partial charge is 0.340 e. The van der Waals surface area contributed by atoms with Crippen LogP contribution < -0.4 is 0 Å². The number of carbonyl (C=O) groups excluding carboxylic acids is 1. The number of carboxylic acid groups (broad SMARTS) is 1. The Bertz CT molecular complexity index is 505. The van der Waals surface area contributed by atoms with Crippen molar-refractivity contribution in [3.63, 3.8) is 0 Å². The molecule has 0 bridgehead atoms. The molecule has 1 rings (SSSR count). The highest BCUT2D eigenvalue weighted by Gasteiger charge is 2.27. The highest BCUT2D eigenvalue weighted by Crippen LogP contribution is 2.31. The standard InChI is InChI=1S/C13H18ClNO4/c1-5-19-13(18)11-8(4)15(7(2)3)12(14)9(11)6-10(16)17/h7H,5-6H2,1-4H3,(H,16,17). The predicted molar refractivity (Wildman–Crippen MR) is 71.9 cm³/mol. The largest absolute Gasteiger partial charge is 0.481 e. The quantitative estimate of drug-likeness (QED) is 0.846. The molecule has 0 aromatic carbocycles. The summed E-state index contributed by atoms with van der Waals surface area (Å²) in [6.07, 6.45) is -0.298. The van der Waals surface area contributed by atoms with Gasteiger partial charge in [-0.3, -0.25) is 4.79 Å². The topological polar surface area (TPSA) is 68.5 Å². The van der Waals surface area contributed by atoms with Crippen LogP contribution >= 0.6 is 11.6 Å². The van der Waals surface area contributed by atoms with E-state index in [4.69, 9.17) is 21.4 Å². The molecule has 19 heavy (non-hydrogen) atoms. The average Bonchev–Trinajstić information content (AvgIpc) is 2.50. The minimum Gasteiger partial charge on any atom is -0.481 e. The summed E-state index contributed by atoms with van der Waals surface area (Å²) in [4.78, 5) is 22.9. The third-order valence-electron chi connectivity index (χ3n) is 2.81. The molecule has 5 nitrogen and oxygen atoms in total. The number of carbonyl (C=O) groups is 2. The van der Waals surface area contributed by atoms with Gasteiger partial charge in [-0.1, -0.05) is 11.6 Å². The molecule has 6 heteroatoms. The molecule has 0 aliphatic heterocycles. The zero-order valence-corrected chi connectivity index (χ0v) is 12.2. The molecule has 1 aromatic rings. The van der Waals surface area contributed by atoms with Crippen molar-refractivity contribution in [1.82, 2.24) is 4.57 Å². The lowest BCUT2D eigenvalue weighted by Crippen LogP contribution is -2.11. The van der Waals surface area contributed by atoms with E-state index < -0.39 is 11.9 Å². The maximum absolute atomic E-state index is 12.0. The van der Waals surface area contributed by atoms with Gasteiger partial charge in [0, 0.05) is 17.3 Å². The maximum atomic E-state index is 12.0. The molecule has 0 saturated heterocycles. The van der Waals surface area contributed by atoms with Gasteiger partial charge >= 0.3 is 11.9 Å². The molecule has 0 aliphatic carbocycles. The van der Waals surface area contributed by atoms with E-state index in [9.17, 15) is 9.59 Å². The van der Waals surface area contributed by atoms with E-state index in [0.717, 1.165) is 0 Å². The number of ether oxygens (including phenoxy) is 1. The highest BCUT2D eigenvalue weighted by molar-refractivity contribution is 6.31. The minimum atomic E-state index is -1.03. The molecule has 1 aromatic heterocycles. The van der Waals surface area contributed by atoms with E-state index in [0.29, 0.717) is 11.3 Å². The number of aliphatic carboxylic acids is 1. The lowest BCUT2D eigenvalue weighted by atomic mass is 10.1. The highest BCUT2D eigenvalue weighted by atomic mass is 35.5. The first kappa shape index (κ1) is 15.6. The Balaban J connectivity index is 3.44. The van der Waals surface area contributed by atoms with E-state index >= 15 is 0 Å². The van der Waals surface area contributed by atoms with Gasteiger partial charge in [0.2, 0.25) is 0 Å². The molecule has 106 valence electrons. The molecule has 0 spiro atoms. The lowest BCUT2D eigenvalue weighted by molar-refractivity contribution is -0.136. The van der Waals surface area contributed by atoms with Crippen LogP contribution in [-0.2, 0) is 16.0 Å². The molecule has 1 heterocycles. The number of carboxylic acids is 1. The molecule has 0 fully saturated rings. The van der Waals surface area contributed by atoms with Crippen molar-refractivity contribution in [2.24, 2.45) is 0 Å². The van der Waals surface area contributed by atoms with E-state index in [-0.39, 0.29) is 29.8 Å². The van der Waals surface area contributed by atoms with Crippen molar-refractivity contribution in [3.05, 3.63) is 22.0 Å². The van der Waals surface area contributed by atoms with E-state index in [1.165, 1.54) is 0 Å². The summed E-state index contributed by atoms with van der Waals surface area (Å²) in [6.45, 7) is 7.50. The van der Waals surface area contributed by atoms with Crippen molar-refractivity contribution >= 4 is 23.5 Å². The lowest BCUT2D eigenvalue weighted by Gasteiger charge is -2.12. The van der Waals surface area contributed by atoms with Crippen LogP contribution in [0.15, 0.2) is 0 Å². The molecular formula is C13H18ClNO4. The average molecular weight is 288 g/mol. The van der Waals surface area contributed by atoms with Gasteiger partial charge in [0.1, 0.15) is 5.15 Å². The molecule has 0 radical (unpaired) electrons. The molecule has 0 atom stereocenters. The second kappa shape index (κ2) is 6.10. The van der Waals surface area contributed by atoms with Crippen molar-refractivity contribution in [2.75, 3.05) is 6.61 Å². The summed E-state index contributed by atoms with van der Waals surface area (Å²) in [7, 11) is 0. The van der Waals surface area contributed by atoms with Crippen molar-refractivity contribution in [1.29, 1.82) is 0 Å². The molecule has 0 amide bonds. The van der Waals surface area contributed by atoms with Crippen LogP contribution in [0, 0.1) is 6.92 Å². The van der Waals surface area contributed by atoms with Crippen LogP contribution in [0.2, 0.25) is 5.15 Å². The summed E-state index contributed by atoms with van der Waals surface area (Å²) < 4.78 is 6.72. The van der Waals surface area contributed by atoms with E-state index in [1.807, 2.05) is 13.8 Å². The summed E-state index contributed by atoms with van der Waals surface area (Å²) in [5.41, 5.74) is 1.22. The van der Waals surface area contributed by atoms with Gasteiger partial charge in [0.25, 0.3) is 0 Å². The Labute approximate surface area is 117 Å². The number of hydrogen-bond donors (Lipinski definition) is 1. The number of halogens is 1. The maximum Gasteiger partial charge on any atom is 0.340 e. The van der Waals surface area contributed by atoms with Crippen LogP contribution in [0.4, 0.5) is 0 Å². The number of hydrogen-bond acceptors (Lipinski definition) is 3. The van der Waals surface area contributed by atoms with Crippen molar-refractivity contribution < 1.29 is 19.4 Å². The Morgan fingerprint density at radius 2 is 2.00 bits per heavy atom. The molecule has 1 N–H and O–H groups in total. The van der Waals surface area contributed by atoms with Gasteiger partial charge < -0.3 is 14.4 Å².